The van der Waals surface area contributed by atoms with Gasteiger partial charge < -0.3 is 35.2 Å². The number of rotatable bonds is 6. The average molecular weight is 279 g/mol. The molecule has 0 radical (unpaired) electrons. The summed E-state index contributed by atoms with van der Waals surface area (Å²) in [5, 5.41) is 40.2. The van der Waals surface area contributed by atoms with E-state index in [0.29, 0.717) is 6.42 Å². The molecule has 0 saturated carbocycles. The van der Waals surface area contributed by atoms with Crippen molar-refractivity contribution in [3.05, 3.63) is 0 Å². The maximum Gasteiger partial charge on any atom is 0.219 e. The molecule has 0 aliphatic carbocycles. The zero-order chi connectivity index (χ0) is 14.4. The molecule has 0 spiro atoms. The third-order valence-electron chi connectivity index (χ3n) is 2.88. The SMILES string of the molecule is CCC(=O)NCCO[C@H]1O[C@H](CO)[C@@H](O)[C@H](O)[C@@H]1O. The topological polar surface area (TPSA) is 128 Å². The van der Waals surface area contributed by atoms with Crippen molar-refractivity contribution >= 4 is 5.91 Å². The molecule has 1 rings (SSSR count). The van der Waals surface area contributed by atoms with Crippen LogP contribution < -0.4 is 5.32 Å². The fourth-order valence-corrected chi connectivity index (χ4v) is 1.70. The molecule has 1 heterocycles. The summed E-state index contributed by atoms with van der Waals surface area (Å²) in [6.07, 6.45) is -6.07. The van der Waals surface area contributed by atoms with Crippen molar-refractivity contribution in [1.29, 1.82) is 0 Å². The molecule has 19 heavy (non-hydrogen) atoms. The first-order chi connectivity index (χ1) is 9.01. The third-order valence-corrected chi connectivity index (χ3v) is 2.88. The summed E-state index contributed by atoms with van der Waals surface area (Å²) < 4.78 is 10.3. The van der Waals surface area contributed by atoms with Crippen LogP contribution in [0.15, 0.2) is 0 Å². The van der Waals surface area contributed by atoms with Gasteiger partial charge in [0.15, 0.2) is 6.29 Å². The summed E-state index contributed by atoms with van der Waals surface area (Å²) in [7, 11) is 0. The summed E-state index contributed by atoms with van der Waals surface area (Å²) in [6, 6.07) is 0. The van der Waals surface area contributed by atoms with E-state index in [1.165, 1.54) is 0 Å². The lowest BCUT2D eigenvalue weighted by Gasteiger charge is -2.39. The molecule has 1 aliphatic rings. The van der Waals surface area contributed by atoms with E-state index in [1.807, 2.05) is 0 Å². The normalized spacial score (nSPS) is 35.1. The highest BCUT2D eigenvalue weighted by atomic mass is 16.7. The average Bonchev–Trinajstić information content (AvgIpc) is 2.42. The maximum absolute atomic E-state index is 11.0. The Morgan fingerprint density at radius 3 is 2.53 bits per heavy atom. The van der Waals surface area contributed by atoms with Gasteiger partial charge >= 0.3 is 0 Å². The summed E-state index contributed by atoms with van der Waals surface area (Å²) in [4.78, 5) is 11.0. The van der Waals surface area contributed by atoms with E-state index in [2.05, 4.69) is 5.32 Å². The molecular weight excluding hydrogens is 258 g/mol. The molecule has 5 N–H and O–H groups in total. The van der Waals surface area contributed by atoms with Crippen LogP contribution in [-0.2, 0) is 14.3 Å². The number of hydrogen-bond donors (Lipinski definition) is 5. The van der Waals surface area contributed by atoms with E-state index in [9.17, 15) is 20.1 Å². The molecule has 1 saturated heterocycles. The number of aliphatic hydroxyl groups excluding tert-OH is 4. The molecule has 5 atom stereocenters. The first kappa shape index (κ1) is 16.3. The van der Waals surface area contributed by atoms with Crippen molar-refractivity contribution in [3.63, 3.8) is 0 Å². The lowest BCUT2D eigenvalue weighted by atomic mass is 9.99. The first-order valence-electron chi connectivity index (χ1n) is 6.20. The fourth-order valence-electron chi connectivity index (χ4n) is 1.70. The van der Waals surface area contributed by atoms with Crippen LogP contribution in [0.3, 0.4) is 0 Å². The van der Waals surface area contributed by atoms with E-state index in [-0.39, 0.29) is 19.1 Å². The van der Waals surface area contributed by atoms with Gasteiger partial charge in [0.25, 0.3) is 0 Å². The number of carbonyl (C=O) groups excluding carboxylic acids is 1. The Bertz CT molecular complexity index is 286. The number of aliphatic hydroxyl groups is 4. The van der Waals surface area contributed by atoms with E-state index in [0.717, 1.165) is 0 Å². The molecule has 0 aromatic rings. The van der Waals surface area contributed by atoms with E-state index < -0.39 is 37.3 Å². The van der Waals surface area contributed by atoms with Crippen LogP contribution in [0.4, 0.5) is 0 Å². The van der Waals surface area contributed by atoms with Gasteiger partial charge in [-0.1, -0.05) is 6.92 Å². The Labute approximate surface area is 110 Å². The summed E-state index contributed by atoms with van der Waals surface area (Å²) in [5.74, 6) is -0.127. The standard InChI is InChI=1S/C11H21NO7/c1-2-7(14)12-3-4-18-11-10(17)9(16)8(15)6(5-13)19-11/h6,8-11,13,15-17H,2-5H2,1H3,(H,12,14)/t6-,8-,9+,10+,11+/m1/s1. The molecule has 8 heteroatoms. The van der Waals surface area contributed by atoms with Crippen molar-refractivity contribution < 1.29 is 34.7 Å². The monoisotopic (exact) mass is 279 g/mol. The second-order valence-corrected chi connectivity index (χ2v) is 4.27. The van der Waals surface area contributed by atoms with Gasteiger partial charge in [0.1, 0.15) is 24.4 Å². The van der Waals surface area contributed by atoms with Gasteiger partial charge in [-0.2, -0.15) is 0 Å². The van der Waals surface area contributed by atoms with Gasteiger partial charge in [0.05, 0.1) is 13.2 Å². The zero-order valence-corrected chi connectivity index (χ0v) is 10.7. The quantitative estimate of drug-likeness (QED) is 0.335. The van der Waals surface area contributed by atoms with Crippen molar-refractivity contribution in [3.8, 4) is 0 Å². The summed E-state index contributed by atoms with van der Waals surface area (Å²) in [5.41, 5.74) is 0. The Morgan fingerprint density at radius 1 is 1.26 bits per heavy atom. The minimum atomic E-state index is -1.46. The lowest BCUT2D eigenvalue weighted by Crippen LogP contribution is -2.59. The molecule has 112 valence electrons. The largest absolute Gasteiger partial charge is 0.394 e. The molecule has 8 nitrogen and oxygen atoms in total. The number of amides is 1. The molecule has 0 unspecified atom stereocenters. The maximum atomic E-state index is 11.0. The number of hydrogen-bond acceptors (Lipinski definition) is 7. The predicted octanol–water partition coefficient (Wildman–Crippen LogP) is -2.67. The Kier molecular flexibility index (Phi) is 6.63. The second kappa shape index (κ2) is 7.73. The Morgan fingerprint density at radius 2 is 1.95 bits per heavy atom. The first-order valence-corrected chi connectivity index (χ1v) is 6.20. The van der Waals surface area contributed by atoms with Crippen LogP contribution in [-0.4, -0.2) is 76.8 Å². The van der Waals surface area contributed by atoms with Gasteiger partial charge in [-0.05, 0) is 0 Å². The second-order valence-electron chi connectivity index (χ2n) is 4.27. The van der Waals surface area contributed by atoms with Crippen molar-refractivity contribution in [1.82, 2.24) is 5.32 Å². The van der Waals surface area contributed by atoms with Gasteiger partial charge in [0, 0.05) is 13.0 Å². The Balaban J connectivity index is 2.37. The van der Waals surface area contributed by atoms with Gasteiger partial charge in [-0.3, -0.25) is 4.79 Å². The highest BCUT2D eigenvalue weighted by molar-refractivity contribution is 5.75. The van der Waals surface area contributed by atoms with Crippen LogP contribution in [0.1, 0.15) is 13.3 Å². The molecular formula is C11H21NO7. The van der Waals surface area contributed by atoms with Crippen LogP contribution in [0.5, 0.6) is 0 Å². The van der Waals surface area contributed by atoms with Gasteiger partial charge in [-0.15, -0.1) is 0 Å². The molecule has 1 aliphatic heterocycles. The minimum Gasteiger partial charge on any atom is -0.394 e. The number of nitrogens with one attached hydrogen (secondary N) is 1. The molecule has 0 aromatic heterocycles. The minimum absolute atomic E-state index is 0.0778. The van der Waals surface area contributed by atoms with Crippen LogP contribution in [0.2, 0.25) is 0 Å². The molecule has 0 bridgehead atoms. The van der Waals surface area contributed by atoms with Crippen LogP contribution >= 0.6 is 0 Å². The number of carbonyl (C=O) groups is 1. The van der Waals surface area contributed by atoms with E-state index in [4.69, 9.17) is 14.6 Å². The Hall–Kier alpha value is -0.770. The fraction of sp³-hybridized carbons (Fsp3) is 0.909. The van der Waals surface area contributed by atoms with Crippen molar-refractivity contribution in [2.24, 2.45) is 0 Å². The third kappa shape index (κ3) is 4.37. The molecule has 0 aromatic carbocycles. The van der Waals surface area contributed by atoms with Crippen LogP contribution in [0, 0.1) is 0 Å². The smallest absolute Gasteiger partial charge is 0.219 e. The van der Waals surface area contributed by atoms with Crippen LogP contribution in [0.25, 0.3) is 0 Å². The molecule has 1 amide bonds. The summed E-state index contributed by atoms with van der Waals surface area (Å²) in [6.45, 7) is 1.53. The highest BCUT2D eigenvalue weighted by Crippen LogP contribution is 2.21. The van der Waals surface area contributed by atoms with Gasteiger partial charge in [-0.25, -0.2) is 0 Å². The van der Waals surface area contributed by atoms with E-state index in [1.54, 1.807) is 6.92 Å². The number of ether oxygens (including phenoxy) is 2. The van der Waals surface area contributed by atoms with E-state index >= 15 is 0 Å². The van der Waals surface area contributed by atoms with Gasteiger partial charge in [0.2, 0.25) is 5.91 Å². The lowest BCUT2D eigenvalue weighted by molar-refractivity contribution is -0.300. The summed E-state index contributed by atoms with van der Waals surface area (Å²) >= 11 is 0. The van der Waals surface area contributed by atoms with Crippen molar-refractivity contribution in [2.75, 3.05) is 19.8 Å². The highest BCUT2D eigenvalue weighted by Gasteiger charge is 2.43. The van der Waals surface area contributed by atoms with Crippen molar-refractivity contribution in [2.45, 2.75) is 44.1 Å². The zero-order valence-electron chi connectivity index (χ0n) is 10.7. The predicted molar refractivity (Wildman–Crippen MR) is 63.0 cm³/mol. The molecule has 1 fully saturated rings.